The van der Waals surface area contributed by atoms with Crippen LogP contribution in [0.2, 0.25) is 0 Å². The number of quaternary nitrogens is 1. The first-order valence-electron chi connectivity index (χ1n) is 8.91. The number of nitrogens with one attached hydrogen (secondary N) is 2. The smallest absolute Gasteiger partial charge is 0.244 e. The highest BCUT2D eigenvalue weighted by Gasteiger charge is 2.22. The zero-order valence-corrected chi connectivity index (χ0v) is 14.7. The van der Waals surface area contributed by atoms with Gasteiger partial charge in [-0.1, -0.05) is 42.5 Å². The van der Waals surface area contributed by atoms with Crippen LogP contribution in [0, 0.1) is 5.82 Å². The molecular weight excluding hydrogens is 331 g/mol. The molecule has 0 aromatic heterocycles. The predicted molar refractivity (Wildman–Crippen MR) is 99.1 cm³/mol. The third-order valence-corrected chi connectivity index (χ3v) is 4.49. The van der Waals surface area contributed by atoms with Gasteiger partial charge in [0.2, 0.25) is 5.91 Å². The van der Waals surface area contributed by atoms with Gasteiger partial charge in [0, 0.05) is 6.08 Å². The second-order valence-corrected chi connectivity index (χ2v) is 6.43. The van der Waals surface area contributed by atoms with Crippen LogP contribution in [0.25, 0.3) is 6.08 Å². The first-order chi connectivity index (χ1) is 12.7. The van der Waals surface area contributed by atoms with E-state index in [1.54, 1.807) is 18.2 Å². The Labute approximate surface area is 153 Å². The number of amides is 1. The minimum Gasteiger partial charge on any atom is -0.370 e. The second-order valence-electron chi connectivity index (χ2n) is 6.43. The number of hydrogen-bond acceptors (Lipinski definition) is 2. The SMILES string of the molecule is O=C(/C=C/c1cccc(F)c1)N[C@@H](C[NH+]1CCOCC1)c1ccccc1. The Balaban J connectivity index is 1.67. The summed E-state index contributed by atoms with van der Waals surface area (Å²) >= 11 is 0. The molecule has 1 heterocycles. The van der Waals surface area contributed by atoms with Crippen molar-refractivity contribution < 1.29 is 18.8 Å². The number of carbonyl (C=O) groups excluding carboxylic acids is 1. The van der Waals surface area contributed by atoms with Gasteiger partial charge in [-0.25, -0.2) is 4.39 Å². The van der Waals surface area contributed by atoms with Gasteiger partial charge in [-0.3, -0.25) is 4.79 Å². The fourth-order valence-electron chi connectivity index (χ4n) is 3.09. The Hall–Kier alpha value is -2.50. The van der Waals surface area contributed by atoms with E-state index in [0.29, 0.717) is 5.56 Å². The summed E-state index contributed by atoms with van der Waals surface area (Å²) in [6, 6.07) is 16.1. The fourth-order valence-corrected chi connectivity index (χ4v) is 3.09. The lowest BCUT2D eigenvalue weighted by Gasteiger charge is -2.28. The maximum absolute atomic E-state index is 13.2. The van der Waals surface area contributed by atoms with Crippen LogP contribution in [0.15, 0.2) is 60.7 Å². The Bertz CT molecular complexity index is 743. The molecule has 0 bridgehead atoms. The zero-order valence-electron chi connectivity index (χ0n) is 14.7. The lowest BCUT2D eigenvalue weighted by Crippen LogP contribution is -3.14. The number of carbonyl (C=O) groups is 1. The molecule has 0 radical (unpaired) electrons. The van der Waals surface area contributed by atoms with Gasteiger partial charge in [0.15, 0.2) is 0 Å². The number of morpholine rings is 1. The van der Waals surface area contributed by atoms with E-state index >= 15 is 0 Å². The minimum absolute atomic E-state index is 0.0750. The van der Waals surface area contributed by atoms with Crippen LogP contribution in [0.5, 0.6) is 0 Å². The molecule has 0 unspecified atom stereocenters. The molecule has 1 aliphatic heterocycles. The third kappa shape index (κ3) is 5.51. The summed E-state index contributed by atoms with van der Waals surface area (Å²) in [5.41, 5.74) is 1.74. The van der Waals surface area contributed by atoms with Crippen molar-refractivity contribution >= 4 is 12.0 Å². The summed E-state index contributed by atoms with van der Waals surface area (Å²) in [7, 11) is 0. The monoisotopic (exact) mass is 355 g/mol. The molecule has 2 N–H and O–H groups in total. The van der Waals surface area contributed by atoms with Crippen molar-refractivity contribution in [2.75, 3.05) is 32.8 Å². The number of ether oxygens (including phenoxy) is 1. The molecule has 5 heteroatoms. The van der Waals surface area contributed by atoms with Crippen molar-refractivity contribution in [1.29, 1.82) is 0 Å². The molecule has 2 aromatic carbocycles. The van der Waals surface area contributed by atoms with Gasteiger partial charge in [-0.05, 0) is 29.3 Å². The van der Waals surface area contributed by atoms with E-state index in [1.807, 2.05) is 30.3 Å². The molecule has 0 aliphatic carbocycles. The summed E-state index contributed by atoms with van der Waals surface area (Å²) in [5.74, 6) is -0.499. The van der Waals surface area contributed by atoms with Gasteiger partial charge in [0.05, 0.1) is 13.2 Å². The Morgan fingerprint density at radius 3 is 2.65 bits per heavy atom. The second kappa shape index (κ2) is 9.27. The Morgan fingerprint density at radius 2 is 1.92 bits per heavy atom. The quantitative estimate of drug-likeness (QED) is 0.773. The normalized spacial score (nSPS) is 16.5. The zero-order chi connectivity index (χ0) is 18.2. The highest BCUT2D eigenvalue weighted by atomic mass is 19.1. The van der Waals surface area contributed by atoms with Crippen LogP contribution in [-0.4, -0.2) is 38.8 Å². The molecule has 1 fully saturated rings. The van der Waals surface area contributed by atoms with E-state index in [-0.39, 0.29) is 17.8 Å². The van der Waals surface area contributed by atoms with Crippen LogP contribution >= 0.6 is 0 Å². The third-order valence-electron chi connectivity index (χ3n) is 4.49. The van der Waals surface area contributed by atoms with E-state index in [4.69, 9.17) is 4.74 Å². The number of halogens is 1. The molecule has 26 heavy (non-hydrogen) atoms. The summed E-state index contributed by atoms with van der Waals surface area (Å²) in [5, 5.41) is 3.08. The maximum atomic E-state index is 13.2. The van der Waals surface area contributed by atoms with E-state index in [2.05, 4.69) is 5.32 Å². The van der Waals surface area contributed by atoms with E-state index < -0.39 is 0 Å². The predicted octanol–water partition coefficient (Wildman–Crippen LogP) is 1.61. The van der Waals surface area contributed by atoms with Crippen molar-refractivity contribution in [3.63, 3.8) is 0 Å². The topological polar surface area (TPSA) is 42.8 Å². The standard InChI is InChI=1S/C21H23FN2O2/c22-19-8-4-5-17(15-19)9-10-21(25)23-20(18-6-2-1-3-7-18)16-24-11-13-26-14-12-24/h1-10,15,20H,11-14,16H2,(H,23,25)/p+1/b10-9+/t20-/m0/s1. The van der Waals surface area contributed by atoms with Crippen molar-refractivity contribution in [2.24, 2.45) is 0 Å². The van der Waals surface area contributed by atoms with Gasteiger partial charge >= 0.3 is 0 Å². The maximum Gasteiger partial charge on any atom is 0.244 e. The first-order valence-corrected chi connectivity index (χ1v) is 8.91. The summed E-state index contributed by atoms with van der Waals surface area (Å²) in [6.45, 7) is 4.21. The van der Waals surface area contributed by atoms with Crippen LogP contribution in [0.3, 0.4) is 0 Å². The molecular formula is C21H24FN2O2+. The first kappa shape index (κ1) is 18.3. The van der Waals surface area contributed by atoms with Crippen molar-refractivity contribution in [1.82, 2.24) is 5.32 Å². The van der Waals surface area contributed by atoms with Crippen molar-refractivity contribution in [3.8, 4) is 0 Å². The van der Waals surface area contributed by atoms with E-state index in [9.17, 15) is 9.18 Å². The average molecular weight is 355 g/mol. The Kier molecular flexibility index (Phi) is 6.52. The fraction of sp³-hybridized carbons (Fsp3) is 0.286. The van der Waals surface area contributed by atoms with Gasteiger partial charge in [0.1, 0.15) is 31.5 Å². The Morgan fingerprint density at radius 1 is 1.15 bits per heavy atom. The molecule has 136 valence electrons. The number of benzene rings is 2. The molecule has 1 atom stereocenters. The summed E-state index contributed by atoms with van der Waals surface area (Å²) < 4.78 is 18.7. The molecule has 4 nitrogen and oxygen atoms in total. The lowest BCUT2D eigenvalue weighted by atomic mass is 10.1. The highest BCUT2D eigenvalue weighted by Crippen LogP contribution is 2.11. The molecule has 2 aromatic rings. The van der Waals surface area contributed by atoms with Gasteiger partial charge in [-0.15, -0.1) is 0 Å². The van der Waals surface area contributed by atoms with Crippen LogP contribution in [0.1, 0.15) is 17.2 Å². The van der Waals surface area contributed by atoms with E-state index in [1.165, 1.54) is 23.1 Å². The lowest BCUT2D eigenvalue weighted by molar-refractivity contribution is -0.909. The van der Waals surface area contributed by atoms with E-state index in [0.717, 1.165) is 38.4 Å². The highest BCUT2D eigenvalue weighted by molar-refractivity contribution is 5.92. The van der Waals surface area contributed by atoms with Gasteiger partial charge in [-0.2, -0.15) is 0 Å². The summed E-state index contributed by atoms with van der Waals surface area (Å²) in [4.78, 5) is 13.8. The van der Waals surface area contributed by atoms with Crippen molar-refractivity contribution in [3.05, 3.63) is 77.6 Å². The van der Waals surface area contributed by atoms with Gasteiger partial charge in [0.25, 0.3) is 0 Å². The van der Waals surface area contributed by atoms with Crippen LogP contribution < -0.4 is 10.2 Å². The molecule has 0 spiro atoms. The summed E-state index contributed by atoms with van der Waals surface area (Å²) in [6.07, 6.45) is 3.08. The number of hydrogen-bond donors (Lipinski definition) is 2. The van der Waals surface area contributed by atoms with Gasteiger partial charge < -0.3 is 15.0 Å². The molecule has 1 amide bonds. The molecule has 0 saturated carbocycles. The molecule has 1 aliphatic rings. The molecule has 3 rings (SSSR count). The molecule has 1 saturated heterocycles. The van der Waals surface area contributed by atoms with Crippen LogP contribution in [-0.2, 0) is 9.53 Å². The number of rotatable bonds is 6. The van der Waals surface area contributed by atoms with Crippen molar-refractivity contribution in [2.45, 2.75) is 6.04 Å². The average Bonchev–Trinajstić information content (AvgIpc) is 2.67. The minimum atomic E-state index is -0.314. The largest absolute Gasteiger partial charge is 0.370 e. The van der Waals surface area contributed by atoms with Crippen LogP contribution in [0.4, 0.5) is 4.39 Å².